The standard InChI is InChI=1S/C14H20N4S.2ClH.Fe/c1-12(13-8-4-5-9-15-13)16-17-14(19)18-10-6-2-3-7-11-18;;;/h4-5,8-9H,2-3,6-7,10-11H2,1H3,(H,17,19);2*1H;/q;;;+2/p-2. The molecule has 1 aliphatic rings. The first-order valence-corrected chi connectivity index (χ1v) is 10.5. The Morgan fingerprint density at radius 2 is 1.91 bits per heavy atom. The van der Waals surface area contributed by atoms with Gasteiger partial charge in [-0.25, -0.2) is 0 Å². The molecule has 0 unspecified atom stereocenters. The fraction of sp³-hybridized carbons (Fsp3) is 0.500. The number of nitrogens with one attached hydrogen (secondary N) is 1. The van der Waals surface area contributed by atoms with Crippen LogP contribution < -0.4 is 5.43 Å². The molecule has 4 nitrogen and oxygen atoms in total. The van der Waals surface area contributed by atoms with E-state index in [1.807, 2.05) is 25.1 Å². The third-order valence-corrected chi connectivity index (χ3v) is 3.60. The summed E-state index contributed by atoms with van der Waals surface area (Å²) >= 11 is 5.58. The minimum absolute atomic E-state index is 0.194. The molecule has 0 spiro atoms. The molecule has 2 heterocycles. The van der Waals surface area contributed by atoms with Crippen molar-refractivity contribution in [3.8, 4) is 0 Å². The van der Waals surface area contributed by atoms with Gasteiger partial charge in [0.15, 0.2) is 5.11 Å². The summed E-state index contributed by atoms with van der Waals surface area (Å²) in [7, 11) is 9.53. The molecule has 0 aromatic carbocycles. The van der Waals surface area contributed by atoms with E-state index in [0.717, 1.165) is 29.6 Å². The molecule has 0 bridgehead atoms. The van der Waals surface area contributed by atoms with Crippen molar-refractivity contribution in [3.63, 3.8) is 0 Å². The van der Waals surface area contributed by atoms with E-state index in [4.69, 9.17) is 32.4 Å². The number of halogens is 2. The van der Waals surface area contributed by atoms with E-state index in [-0.39, 0.29) is 13.1 Å². The van der Waals surface area contributed by atoms with Crippen molar-refractivity contribution in [3.05, 3.63) is 30.1 Å². The molecule has 1 aliphatic heterocycles. The van der Waals surface area contributed by atoms with Crippen LogP contribution in [0, 0.1) is 0 Å². The molecule has 124 valence electrons. The van der Waals surface area contributed by atoms with Crippen LogP contribution in [0.4, 0.5) is 0 Å². The Morgan fingerprint density at radius 1 is 1.27 bits per heavy atom. The molecule has 8 heteroatoms. The summed E-state index contributed by atoms with van der Waals surface area (Å²) in [5, 5.41) is 5.04. The Hall–Kier alpha value is -0.391. The summed E-state index contributed by atoms with van der Waals surface area (Å²) in [5.74, 6) is 0. The van der Waals surface area contributed by atoms with Gasteiger partial charge in [-0.05, 0) is 44.1 Å². The third-order valence-electron chi connectivity index (χ3n) is 3.25. The molecule has 1 saturated heterocycles. The number of hydrogen-bond donors (Lipinski definition) is 1. The van der Waals surface area contributed by atoms with Crippen LogP contribution in [0.25, 0.3) is 0 Å². The summed E-state index contributed by atoms with van der Waals surface area (Å²) in [5.41, 5.74) is 4.70. The van der Waals surface area contributed by atoms with Crippen molar-refractivity contribution in [2.24, 2.45) is 5.10 Å². The molecule has 0 atom stereocenters. The third kappa shape index (κ3) is 7.75. The average molecular weight is 403 g/mol. The molecule has 0 amide bonds. The van der Waals surface area contributed by atoms with Gasteiger partial charge in [-0.2, -0.15) is 5.10 Å². The van der Waals surface area contributed by atoms with E-state index < -0.39 is 0 Å². The van der Waals surface area contributed by atoms with E-state index >= 15 is 0 Å². The van der Waals surface area contributed by atoms with Crippen LogP contribution in [0.2, 0.25) is 0 Å². The normalized spacial score (nSPS) is 15.6. The topological polar surface area (TPSA) is 40.5 Å². The number of nitrogens with zero attached hydrogens (tertiary/aromatic N) is 3. The number of hydrazone groups is 1. The van der Waals surface area contributed by atoms with Crippen molar-refractivity contribution in [2.75, 3.05) is 13.1 Å². The van der Waals surface area contributed by atoms with Crippen LogP contribution in [0.1, 0.15) is 38.3 Å². The summed E-state index contributed by atoms with van der Waals surface area (Å²) in [4.78, 5) is 6.46. The van der Waals surface area contributed by atoms with Gasteiger partial charge in [0.25, 0.3) is 0 Å². The van der Waals surface area contributed by atoms with Crippen LogP contribution in [0.15, 0.2) is 29.5 Å². The summed E-state index contributed by atoms with van der Waals surface area (Å²) in [6.07, 6.45) is 6.79. The van der Waals surface area contributed by atoms with Gasteiger partial charge in [0.05, 0.1) is 11.4 Å². The van der Waals surface area contributed by atoms with Crippen LogP contribution in [-0.4, -0.2) is 33.8 Å². The van der Waals surface area contributed by atoms with Crippen LogP contribution in [0.5, 0.6) is 0 Å². The first-order chi connectivity index (χ1) is 10.7. The predicted molar refractivity (Wildman–Crippen MR) is 93.9 cm³/mol. The Morgan fingerprint density at radius 3 is 2.45 bits per heavy atom. The second-order valence-electron chi connectivity index (χ2n) is 4.78. The first-order valence-electron chi connectivity index (χ1n) is 7.05. The number of rotatable bonds is 2. The first kappa shape index (κ1) is 19.7. The van der Waals surface area contributed by atoms with Gasteiger partial charge in [0.2, 0.25) is 0 Å². The molecule has 1 N–H and O–H groups in total. The Bertz CT molecular complexity index is 465. The van der Waals surface area contributed by atoms with Crippen molar-refractivity contribution < 1.29 is 13.1 Å². The maximum absolute atomic E-state index is 5.39. The molecule has 1 fully saturated rings. The molecular weight excluding hydrogens is 383 g/mol. The van der Waals surface area contributed by atoms with Gasteiger partial charge >= 0.3 is 33.3 Å². The van der Waals surface area contributed by atoms with Crippen LogP contribution in [-0.2, 0) is 13.1 Å². The fourth-order valence-electron chi connectivity index (χ4n) is 2.11. The number of likely N-dealkylation sites (tertiary alicyclic amines) is 1. The van der Waals surface area contributed by atoms with Crippen molar-refractivity contribution in [1.82, 2.24) is 15.3 Å². The fourth-order valence-corrected chi connectivity index (χ4v) is 2.34. The van der Waals surface area contributed by atoms with E-state index in [0.29, 0.717) is 0 Å². The van der Waals surface area contributed by atoms with Crippen molar-refractivity contribution in [2.45, 2.75) is 32.6 Å². The summed E-state index contributed by atoms with van der Waals surface area (Å²) < 4.78 is 0. The van der Waals surface area contributed by atoms with E-state index in [1.165, 1.54) is 25.7 Å². The van der Waals surface area contributed by atoms with Crippen LogP contribution >= 0.6 is 32.4 Å². The second kappa shape index (κ2) is 12.1. The molecule has 0 radical (unpaired) electrons. The van der Waals surface area contributed by atoms with Gasteiger partial charge in [0, 0.05) is 19.3 Å². The number of hydrogen-bond acceptors (Lipinski definition) is 3. The van der Waals surface area contributed by atoms with Gasteiger partial charge in [-0.3, -0.25) is 10.4 Å². The maximum atomic E-state index is 5.39. The number of aromatic nitrogens is 1. The Kier molecular flexibility index (Phi) is 10.8. The SMILES string of the molecule is CC(=NNC(=S)N1CCCCCC1)c1ccccn1.[Cl][Fe][Cl]. The molecule has 0 saturated carbocycles. The molecule has 1 aromatic rings. The van der Waals surface area contributed by atoms with Crippen molar-refractivity contribution in [1.29, 1.82) is 0 Å². The molecule has 1 aromatic heterocycles. The van der Waals surface area contributed by atoms with E-state index in [9.17, 15) is 0 Å². The predicted octanol–water partition coefficient (Wildman–Crippen LogP) is 3.93. The van der Waals surface area contributed by atoms with Crippen LogP contribution in [0.3, 0.4) is 0 Å². The second-order valence-corrected chi connectivity index (χ2v) is 6.99. The number of thiocarbonyl (C=S) groups is 1. The number of pyridine rings is 1. The van der Waals surface area contributed by atoms with Gasteiger partial charge in [-0.15, -0.1) is 0 Å². The zero-order valence-electron chi connectivity index (χ0n) is 12.4. The zero-order chi connectivity index (χ0) is 16.2. The van der Waals surface area contributed by atoms with Gasteiger partial charge in [0.1, 0.15) is 0 Å². The monoisotopic (exact) mass is 402 g/mol. The zero-order valence-corrected chi connectivity index (χ0v) is 15.8. The Balaban J connectivity index is 0.000000745. The molecule has 22 heavy (non-hydrogen) atoms. The molecular formula is C14H20Cl2FeN4S. The average Bonchev–Trinajstić information content (AvgIpc) is 2.83. The van der Waals surface area contributed by atoms with Crippen molar-refractivity contribution >= 4 is 43.2 Å². The molecule has 2 rings (SSSR count). The van der Waals surface area contributed by atoms with E-state index in [1.54, 1.807) is 6.20 Å². The van der Waals surface area contributed by atoms with E-state index in [2.05, 4.69) is 20.4 Å². The summed E-state index contributed by atoms with van der Waals surface area (Å²) in [6, 6.07) is 5.79. The van der Waals surface area contributed by atoms with Gasteiger partial charge < -0.3 is 4.90 Å². The summed E-state index contributed by atoms with van der Waals surface area (Å²) in [6.45, 7) is 3.99. The Labute approximate surface area is 152 Å². The minimum atomic E-state index is 0.194. The van der Waals surface area contributed by atoms with Gasteiger partial charge in [-0.1, -0.05) is 18.9 Å². The quantitative estimate of drug-likeness (QED) is 0.352. The molecule has 0 aliphatic carbocycles.